The molecule has 1 aromatic heterocycles. The van der Waals surface area contributed by atoms with E-state index in [9.17, 15) is 0 Å². The van der Waals surface area contributed by atoms with E-state index in [1.807, 2.05) is 10.8 Å². The van der Waals surface area contributed by atoms with E-state index < -0.39 is 0 Å². The van der Waals surface area contributed by atoms with Gasteiger partial charge in [0.15, 0.2) is 0 Å². The molecule has 1 rings (SSSR count). The molecule has 80 valence electrons. The van der Waals surface area contributed by atoms with E-state index in [1.54, 1.807) is 20.4 Å². The molecule has 1 heterocycles. The van der Waals surface area contributed by atoms with Crippen LogP contribution in [0.3, 0.4) is 0 Å². The fraction of sp³-hybridized carbons (Fsp3) is 0.667. The van der Waals surface area contributed by atoms with Crippen molar-refractivity contribution in [1.29, 1.82) is 0 Å². The zero-order valence-corrected chi connectivity index (χ0v) is 8.69. The maximum absolute atomic E-state index is 5.02. The first-order valence-electron chi connectivity index (χ1n) is 4.57. The highest BCUT2D eigenvalue weighted by molar-refractivity contribution is 4.90. The lowest BCUT2D eigenvalue weighted by molar-refractivity contribution is 0.128. The molecule has 0 atom stereocenters. The van der Waals surface area contributed by atoms with Crippen molar-refractivity contribution in [2.24, 2.45) is 0 Å². The summed E-state index contributed by atoms with van der Waals surface area (Å²) in [6.45, 7) is 2.82. The third kappa shape index (κ3) is 3.45. The van der Waals surface area contributed by atoms with Gasteiger partial charge in [-0.25, -0.2) is 4.98 Å². The van der Waals surface area contributed by atoms with Gasteiger partial charge in [-0.05, 0) is 0 Å². The van der Waals surface area contributed by atoms with Crippen molar-refractivity contribution in [1.82, 2.24) is 14.9 Å². The Hall–Kier alpha value is -0.910. The second kappa shape index (κ2) is 6.53. The summed E-state index contributed by atoms with van der Waals surface area (Å²) < 4.78 is 11.9. The van der Waals surface area contributed by atoms with Crippen LogP contribution < -0.4 is 5.32 Å². The fourth-order valence-corrected chi connectivity index (χ4v) is 1.14. The van der Waals surface area contributed by atoms with Gasteiger partial charge in [-0.3, -0.25) is 0 Å². The SMILES string of the molecule is COCCNCc1nccn1COC. The lowest BCUT2D eigenvalue weighted by Gasteiger charge is -2.07. The molecule has 0 saturated heterocycles. The fourth-order valence-electron chi connectivity index (χ4n) is 1.14. The third-order valence-electron chi connectivity index (χ3n) is 1.84. The molecule has 0 amide bonds. The van der Waals surface area contributed by atoms with Crippen LogP contribution in [-0.2, 0) is 22.7 Å². The zero-order chi connectivity index (χ0) is 10.2. The predicted octanol–water partition coefficient (Wildman–Crippen LogP) is 0.223. The predicted molar refractivity (Wildman–Crippen MR) is 52.8 cm³/mol. The number of ether oxygens (including phenoxy) is 2. The lowest BCUT2D eigenvalue weighted by atomic mass is 10.5. The summed E-state index contributed by atoms with van der Waals surface area (Å²) >= 11 is 0. The Kier molecular flexibility index (Phi) is 5.21. The zero-order valence-electron chi connectivity index (χ0n) is 8.69. The van der Waals surface area contributed by atoms with Crippen molar-refractivity contribution < 1.29 is 9.47 Å². The molecule has 1 aromatic rings. The summed E-state index contributed by atoms with van der Waals surface area (Å²) in [5, 5.41) is 3.22. The first-order valence-corrected chi connectivity index (χ1v) is 4.57. The van der Waals surface area contributed by atoms with Crippen LogP contribution in [0.1, 0.15) is 5.82 Å². The van der Waals surface area contributed by atoms with E-state index in [0.29, 0.717) is 13.3 Å². The van der Waals surface area contributed by atoms with Gasteiger partial charge >= 0.3 is 0 Å². The number of nitrogens with zero attached hydrogens (tertiary/aromatic N) is 2. The Morgan fingerprint density at radius 3 is 3.00 bits per heavy atom. The van der Waals surface area contributed by atoms with Crippen LogP contribution in [-0.4, -0.2) is 36.9 Å². The maximum Gasteiger partial charge on any atom is 0.124 e. The lowest BCUT2D eigenvalue weighted by Crippen LogP contribution is -2.21. The molecule has 0 radical (unpaired) electrons. The van der Waals surface area contributed by atoms with Crippen LogP contribution in [0.4, 0.5) is 0 Å². The smallest absolute Gasteiger partial charge is 0.124 e. The summed E-state index contributed by atoms with van der Waals surface area (Å²) in [7, 11) is 3.36. The molecule has 0 spiro atoms. The molecule has 0 bridgehead atoms. The van der Waals surface area contributed by atoms with Gasteiger partial charge < -0.3 is 19.4 Å². The number of nitrogens with one attached hydrogen (secondary N) is 1. The van der Waals surface area contributed by atoms with Crippen molar-refractivity contribution in [3.63, 3.8) is 0 Å². The van der Waals surface area contributed by atoms with E-state index in [4.69, 9.17) is 9.47 Å². The number of methoxy groups -OCH3 is 2. The van der Waals surface area contributed by atoms with Gasteiger partial charge in [0.25, 0.3) is 0 Å². The van der Waals surface area contributed by atoms with Crippen molar-refractivity contribution in [2.45, 2.75) is 13.3 Å². The summed E-state index contributed by atoms with van der Waals surface area (Å²) in [4.78, 5) is 4.21. The van der Waals surface area contributed by atoms with Gasteiger partial charge in [0.05, 0.1) is 13.2 Å². The van der Waals surface area contributed by atoms with Crippen molar-refractivity contribution in [3.05, 3.63) is 18.2 Å². The minimum Gasteiger partial charge on any atom is -0.383 e. The molecule has 0 fully saturated rings. The van der Waals surface area contributed by atoms with Crippen molar-refractivity contribution >= 4 is 0 Å². The molecular formula is C9H17N3O2. The minimum atomic E-state index is 0.543. The van der Waals surface area contributed by atoms with Crippen LogP contribution in [0.15, 0.2) is 12.4 Å². The summed E-state index contributed by atoms with van der Waals surface area (Å²) in [6, 6.07) is 0. The molecule has 0 aliphatic rings. The number of hydrogen-bond acceptors (Lipinski definition) is 4. The topological polar surface area (TPSA) is 48.3 Å². The molecule has 14 heavy (non-hydrogen) atoms. The number of rotatable bonds is 7. The van der Waals surface area contributed by atoms with Crippen molar-refractivity contribution in [3.8, 4) is 0 Å². The van der Waals surface area contributed by atoms with Gasteiger partial charge in [0, 0.05) is 33.2 Å². The normalized spacial score (nSPS) is 10.7. The maximum atomic E-state index is 5.02. The van der Waals surface area contributed by atoms with E-state index in [2.05, 4.69) is 10.3 Å². The average molecular weight is 199 g/mol. The van der Waals surface area contributed by atoms with E-state index in [1.165, 1.54) is 0 Å². The Morgan fingerprint density at radius 1 is 1.43 bits per heavy atom. The number of hydrogen-bond donors (Lipinski definition) is 1. The molecule has 5 heteroatoms. The standard InChI is InChI=1S/C9H17N3O2/c1-13-6-4-10-7-9-11-3-5-12(9)8-14-2/h3,5,10H,4,6-8H2,1-2H3. The first kappa shape index (κ1) is 11.2. The van der Waals surface area contributed by atoms with Crippen LogP contribution in [0, 0.1) is 0 Å². The second-order valence-corrected chi connectivity index (χ2v) is 2.90. The molecule has 0 unspecified atom stereocenters. The Balaban J connectivity index is 2.30. The molecule has 0 aliphatic carbocycles. The minimum absolute atomic E-state index is 0.543. The van der Waals surface area contributed by atoms with Crippen LogP contribution in [0.2, 0.25) is 0 Å². The van der Waals surface area contributed by atoms with Gasteiger partial charge in [0.1, 0.15) is 12.6 Å². The number of aromatic nitrogens is 2. The highest BCUT2D eigenvalue weighted by Gasteiger charge is 2.00. The molecule has 0 aromatic carbocycles. The van der Waals surface area contributed by atoms with Crippen LogP contribution in [0.5, 0.6) is 0 Å². The van der Waals surface area contributed by atoms with Gasteiger partial charge in [-0.2, -0.15) is 0 Å². The molecule has 5 nitrogen and oxygen atoms in total. The van der Waals surface area contributed by atoms with Crippen LogP contribution in [0.25, 0.3) is 0 Å². The molecule has 0 aliphatic heterocycles. The highest BCUT2D eigenvalue weighted by Crippen LogP contribution is 1.96. The first-order chi connectivity index (χ1) is 6.88. The van der Waals surface area contributed by atoms with E-state index in [-0.39, 0.29) is 0 Å². The van der Waals surface area contributed by atoms with Gasteiger partial charge in [-0.15, -0.1) is 0 Å². The summed E-state index contributed by atoms with van der Waals surface area (Å²) in [5.41, 5.74) is 0. The average Bonchev–Trinajstić information content (AvgIpc) is 2.61. The third-order valence-corrected chi connectivity index (χ3v) is 1.84. The van der Waals surface area contributed by atoms with Crippen molar-refractivity contribution in [2.75, 3.05) is 27.4 Å². The quantitative estimate of drug-likeness (QED) is 0.638. The largest absolute Gasteiger partial charge is 0.383 e. The molecule has 1 N–H and O–H groups in total. The molecular weight excluding hydrogens is 182 g/mol. The summed E-state index contributed by atoms with van der Waals surface area (Å²) in [6.07, 6.45) is 3.67. The summed E-state index contributed by atoms with van der Waals surface area (Å²) in [5.74, 6) is 0.975. The Bertz CT molecular complexity index is 250. The van der Waals surface area contributed by atoms with E-state index >= 15 is 0 Å². The second-order valence-electron chi connectivity index (χ2n) is 2.90. The Morgan fingerprint density at radius 2 is 2.29 bits per heavy atom. The molecule has 0 saturated carbocycles. The van der Waals surface area contributed by atoms with Gasteiger partial charge in [0.2, 0.25) is 0 Å². The van der Waals surface area contributed by atoms with E-state index in [0.717, 1.165) is 18.9 Å². The van der Waals surface area contributed by atoms with Gasteiger partial charge in [-0.1, -0.05) is 0 Å². The number of imidazole rings is 1. The monoisotopic (exact) mass is 199 g/mol. The highest BCUT2D eigenvalue weighted by atomic mass is 16.5. The Labute approximate surface area is 84.0 Å². The van der Waals surface area contributed by atoms with Crippen LogP contribution >= 0.6 is 0 Å².